The van der Waals surface area contributed by atoms with Gasteiger partial charge in [0, 0.05) is 11.4 Å². The van der Waals surface area contributed by atoms with E-state index in [9.17, 15) is 35.9 Å². The number of piperazine rings is 1. The van der Waals surface area contributed by atoms with Gasteiger partial charge in [0.05, 0.1) is 14.2 Å². The van der Waals surface area contributed by atoms with E-state index in [4.69, 9.17) is 0 Å². The molecule has 2 aromatic carbocycles. The molecule has 0 radical (unpaired) electrons. The van der Waals surface area contributed by atoms with Gasteiger partial charge in [-0.3, -0.25) is 9.59 Å². The number of rotatable bonds is 10. The van der Waals surface area contributed by atoms with Crippen LogP contribution in [0.25, 0.3) is 0 Å². The van der Waals surface area contributed by atoms with Crippen molar-refractivity contribution in [3.05, 3.63) is 48.5 Å². The van der Waals surface area contributed by atoms with Gasteiger partial charge < -0.3 is 20.1 Å². The number of hydrogen-bond donors (Lipinski definition) is 2. The highest BCUT2D eigenvalue weighted by Crippen LogP contribution is 2.67. The van der Waals surface area contributed by atoms with E-state index in [1.54, 1.807) is 0 Å². The van der Waals surface area contributed by atoms with Crippen molar-refractivity contribution in [3.63, 3.8) is 0 Å². The Balaban J connectivity index is 2.28. The van der Waals surface area contributed by atoms with Crippen molar-refractivity contribution in [1.29, 1.82) is 0 Å². The summed E-state index contributed by atoms with van der Waals surface area (Å²) in [7, 11) is 1.89. The number of methoxy groups -OCH3 is 2. The number of ether oxygens (including phenoxy) is 2. The molecule has 2 atom stereocenters. The summed E-state index contributed by atoms with van der Waals surface area (Å²) in [5.74, 6) is -8.68. The molecule has 0 aromatic heterocycles. The zero-order chi connectivity index (χ0) is 42.1. The Labute approximate surface area is 285 Å². The number of anilines is 2. The zero-order valence-corrected chi connectivity index (χ0v) is 25.7. The molecule has 0 spiro atoms. The van der Waals surface area contributed by atoms with Gasteiger partial charge in [-0.05, 0) is 48.5 Å². The minimum Gasteiger partial charge on any atom is -0.497 e. The predicted octanol–water partition coefficient (Wildman–Crippen LogP) is 8.00. The van der Waals surface area contributed by atoms with E-state index in [2.05, 4.69) is 9.47 Å². The third-order valence-corrected chi connectivity index (χ3v) is 7.34. The summed E-state index contributed by atoms with van der Waals surface area (Å²) in [6, 6.07) is -47.3. The van der Waals surface area contributed by atoms with Crippen molar-refractivity contribution in [1.82, 2.24) is 9.80 Å². The van der Waals surface area contributed by atoms with Gasteiger partial charge >= 0.3 is 60.0 Å². The first-order chi connectivity index (χ1) is 24.1. The van der Waals surface area contributed by atoms with E-state index < -0.39 is 93.0 Å². The molecule has 0 saturated carbocycles. The topological polar surface area (TPSA) is 83.1 Å². The summed E-state index contributed by atoms with van der Waals surface area (Å²) in [6.45, 7) is 0. The van der Waals surface area contributed by atoms with Gasteiger partial charge in [0.25, 0.3) is 11.8 Å². The molecule has 1 fully saturated rings. The van der Waals surface area contributed by atoms with Crippen LogP contribution >= 0.6 is 0 Å². The van der Waals surface area contributed by atoms with E-state index in [1.165, 1.54) is 0 Å². The van der Waals surface area contributed by atoms with E-state index >= 15 is 61.5 Å². The van der Waals surface area contributed by atoms with Crippen LogP contribution in [0, 0.1) is 0 Å². The van der Waals surface area contributed by atoms with Crippen molar-refractivity contribution < 1.29 is 107 Å². The van der Waals surface area contributed by atoms with Gasteiger partial charge in [0.2, 0.25) is 0 Å². The average Bonchev–Trinajstić information content (AvgIpc) is 3.01. The molecule has 1 saturated heterocycles. The second kappa shape index (κ2) is 13.1. The number of hydrogen-bond acceptors (Lipinski definition) is 6. The molecule has 3 rings (SSSR count). The van der Waals surface area contributed by atoms with Crippen molar-refractivity contribution >= 4 is 23.2 Å². The number of carbonyl (C=O) groups is 2. The molecule has 1 aliphatic rings. The summed E-state index contributed by atoms with van der Waals surface area (Å²) in [5.41, 5.74) is -18.1. The van der Waals surface area contributed by atoms with Crippen molar-refractivity contribution in [2.24, 2.45) is 0 Å². The van der Waals surface area contributed by atoms with Gasteiger partial charge in [-0.25, -0.2) is 8.78 Å². The first kappa shape index (κ1) is 43.9. The van der Waals surface area contributed by atoms with Crippen molar-refractivity contribution in [2.75, 3.05) is 24.9 Å². The van der Waals surface area contributed by atoms with Gasteiger partial charge in [-0.1, -0.05) is 0 Å². The van der Waals surface area contributed by atoms with Gasteiger partial charge in [0.15, 0.2) is 0 Å². The van der Waals surface area contributed by atoms with Crippen LogP contribution in [0.2, 0.25) is 0 Å². The minimum absolute atomic E-state index is 0.250. The largest absolute Gasteiger partial charge is 0.497 e. The van der Waals surface area contributed by atoms with E-state index in [0.717, 1.165) is 14.2 Å². The molecule has 2 unspecified atom stereocenters. The molecular formula is C26H16F20N4O4. The van der Waals surface area contributed by atoms with Crippen LogP contribution in [0.1, 0.15) is 0 Å². The summed E-state index contributed by atoms with van der Waals surface area (Å²) >= 11 is 0. The highest BCUT2D eigenvalue weighted by molar-refractivity contribution is 5.99. The second-order valence-electron chi connectivity index (χ2n) is 10.6. The highest BCUT2D eigenvalue weighted by atomic mass is 19.4. The molecule has 54 heavy (non-hydrogen) atoms. The molecule has 2 N–H and O–H groups in total. The first-order valence-electron chi connectivity index (χ1n) is 13.4. The number of benzene rings is 2. The Hall–Kier alpha value is -4.50. The quantitative estimate of drug-likeness (QED) is 0.187. The Morgan fingerprint density at radius 1 is 0.481 bits per heavy atom. The summed E-state index contributed by atoms with van der Waals surface area (Å²) in [5, 5.41) is 1.15. The standard InChI is InChI=1S/C26H16F20N4O4/c1-53-13-7-3-11(4-8-13)47-15(51)17(27,19(29,30)31)21(35,36)49-23(39,40)25(43,44)50(26(45,46)24(49,41)42)22(37,38)18(28,20(32,33)34)16(52)48-12-5-9-14(54-2)10-6-12/h3-10H,1-2H3,(H,47,51)(H,48,52). The Morgan fingerprint density at radius 3 is 0.889 bits per heavy atom. The predicted molar refractivity (Wildman–Crippen MR) is 136 cm³/mol. The second-order valence-corrected chi connectivity index (χ2v) is 10.6. The van der Waals surface area contributed by atoms with Crippen LogP contribution in [0.15, 0.2) is 48.5 Å². The lowest BCUT2D eigenvalue weighted by atomic mass is 9.94. The van der Waals surface area contributed by atoms with Crippen LogP contribution in [0.5, 0.6) is 11.5 Å². The normalized spacial score (nSPS) is 21.3. The minimum atomic E-state index is -8.60. The monoisotopic (exact) mass is 828 g/mol. The number of amides is 2. The number of nitrogens with zero attached hydrogens (tertiary/aromatic N) is 2. The lowest BCUT2D eigenvalue weighted by Crippen LogP contribution is -2.90. The third-order valence-electron chi connectivity index (χ3n) is 7.34. The molecule has 1 heterocycles. The molecule has 8 nitrogen and oxygen atoms in total. The fraction of sp³-hybridized carbons (Fsp3) is 0.462. The lowest BCUT2D eigenvalue weighted by Gasteiger charge is -2.57. The Morgan fingerprint density at radius 2 is 0.704 bits per heavy atom. The molecule has 304 valence electrons. The molecule has 2 aromatic rings. The van der Waals surface area contributed by atoms with E-state index in [1.807, 2.05) is 0 Å². The van der Waals surface area contributed by atoms with Gasteiger partial charge in [0.1, 0.15) is 11.5 Å². The Kier molecular flexibility index (Phi) is 10.6. The zero-order valence-electron chi connectivity index (χ0n) is 25.7. The number of nitrogens with one attached hydrogen (secondary N) is 2. The van der Waals surface area contributed by atoms with E-state index in [0.29, 0.717) is 59.2 Å². The van der Waals surface area contributed by atoms with Gasteiger partial charge in [-0.15, -0.1) is 9.80 Å². The summed E-state index contributed by atoms with van der Waals surface area (Å²) in [4.78, 5) is 15.1. The van der Waals surface area contributed by atoms with Crippen LogP contribution in [-0.4, -0.2) is 95.8 Å². The maximum atomic E-state index is 15.4. The fourth-order valence-corrected chi connectivity index (χ4v) is 4.56. The maximum Gasteiger partial charge on any atom is 0.439 e. The number of alkyl halides is 20. The first-order valence-corrected chi connectivity index (χ1v) is 13.4. The third kappa shape index (κ3) is 6.12. The Bertz CT molecular complexity index is 1560. The molecule has 0 bridgehead atoms. The molecule has 0 aliphatic carbocycles. The van der Waals surface area contributed by atoms with Crippen LogP contribution < -0.4 is 20.1 Å². The number of carbonyl (C=O) groups excluding carboxylic acids is 2. The molecule has 1 aliphatic heterocycles. The number of halogens is 20. The molecule has 2 amide bonds. The SMILES string of the molecule is COc1ccc(NC(=O)C(F)(C(F)(F)F)C(F)(F)N2C(F)(F)C(F)(F)N(C(F)(F)C(F)(C(=O)Nc3ccc(OC)cc3)C(F)(F)F)C(F)(F)C2(F)F)cc1. The smallest absolute Gasteiger partial charge is 0.439 e. The van der Waals surface area contributed by atoms with Crippen LogP contribution in [-0.2, 0) is 9.59 Å². The van der Waals surface area contributed by atoms with Crippen molar-refractivity contribution in [3.8, 4) is 11.5 Å². The van der Waals surface area contributed by atoms with Crippen LogP contribution in [0.3, 0.4) is 0 Å². The fourth-order valence-electron chi connectivity index (χ4n) is 4.56. The van der Waals surface area contributed by atoms with Gasteiger partial charge in [-0.2, -0.15) is 79.0 Å². The summed E-state index contributed by atoms with van der Waals surface area (Å²) in [6.07, 6.45) is -15.8. The molecule has 28 heteroatoms. The lowest BCUT2D eigenvalue weighted by molar-refractivity contribution is -0.576. The van der Waals surface area contributed by atoms with Crippen molar-refractivity contribution in [2.45, 2.75) is 60.0 Å². The highest BCUT2D eigenvalue weighted by Gasteiger charge is 2.98. The summed E-state index contributed by atoms with van der Waals surface area (Å²) < 4.78 is 304. The average molecular weight is 828 g/mol. The molecular weight excluding hydrogens is 812 g/mol. The maximum absolute atomic E-state index is 15.4. The van der Waals surface area contributed by atoms with Crippen LogP contribution in [0.4, 0.5) is 99.2 Å². The van der Waals surface area contributed by atoms with E-state index in [-0.39, 0.29) is 11.5 Å².